The number of hydrogen-bond acceptors (Lipinski definition) is 10. The van der Waals surface area contributed by atoms with E-state index < -0.39 is 39.5 Å². The second-order valence-electron chi connectivity index (χ2n) is 10.2. The molecule has 13 heteroatoms. The van der Waals surface area contributed by atoms with Gasteiger partial charge in [-0.3, -0.25) is 19.6 Å². The van der Waals surface area contributed by atoms with Crippen LogP contribution in [-0.4, -0.2) is 63.1 Å². The normalized spacial score (nSPS) is 12.8. The maximum atomic E-state index is 13.8. The fraction of sp³-hybridized carbons (Fsp3) is 0.226. The first-order valence-electron chi connectivity index (χ1n) is 13.8. The smallest absolute Gasteiger partial charge is 0.272 e. The molecule has 0 saturated carbocycles. The number of sulfone groups is 1. The number of nitrogens with zero attached hydrogens (tertiary/aromatic N) is 4. The van der Waals surface area contributed by atoms with Crippen molar-refractivity contribution in [1.82, 2.24) is 30.6 Å². The lowest BCUT2D eigenvalue weighted by Crippen LogP contribution is -2.53. The Morgan fingerprint density at radius 2 is 1.70 bits per heavy atom. The third-order valence-corrected chi connectivity index (χ3v) is 8.42. The Hall–Kier alpha value is -5.17. The van der Waals surface area contributed by atoms with Crippen molar-refractivity contribution >= 4 is 32.8 Å². The number of aromatic hydroxyl groups is 1. The highest BCUT2D eigenvalue weighted by Gasteiger charge is 2.30. The quantitative estimate of drug-likeness (QED) is 0.179. The molecule has 2 atom stereocenters. The van der Waals surface area contributed by atoms with E-state index in [4.69, 9.17) is 4.42 Å². The van der Waals surface area contributed by atoms with Crippen molar-refractivity contribution in [1.29, 1.82) is 0 Å². The molecule has 0 aliphatic heterocycles. The number of aryl methyl sites for hydroxylation is 1. The van der Waals surface area contributed by atoms with Crippen LogP contribution in [0.3, 0.4) is 0 Å². The highest BCUT2D eigenvalue weighted by molar-refractivity contribution is 7.90. The minimum Gasteiger partial charge on any atom is -0.508 e. The molecule has 2 aromatic carbocycles. The second kappa shape index (κ2) is 13.9. The van der Waals surface area contributed by atoms with Gasteiger partial charge in [-0.15, -0.1) is 0 Å². The lowest BCUT2D eigenvalue weighted by atomic mass is 10.0. The van der Waals surface area contributed by atoms with Gasteiger partial charge < -0.3 is 20.2 Å². The average molecular weight is 615 g/mol. The maximum Gasteiger partial charge on any atom is 0.272 e. The van der Waals surface area contributed by atoms with Crippen LogP contribution in [-0.2, 0) is 33.2 Å². The fourth-order valence-corrected chi connectivity index (χ4v) is 6.22. The summed E-state index contributed by atoms with van der Waals surface area (Å²) in [6.07, 6.45) is 7.82. The van der Waals surface area contributed by atoms with Gasteiger partial charge in [0.15, 0.2) is 21.3 Å². The Balaban J connectivity index is 1.38. The van der Waals surface area contributed by atoms with E-state index in [0.29, 0.717) is 41.0 Å². The van der Waals surface area contributed by atoms with E-state index in [1.807, 2.05) is 18.2 Å². The van der Waals surface area contributed by atoms with Crippen molar-refractivity contribution in [2.45, 2.75) is 37.1 Å². The molecule has 226 valence electrons. The number of phenols is 1. The standard InChI is InChI=1S/C31H30N6O6S/c38-27-9-3-1-7-22(27)11-12-23(16-29-36-24-8-2-4-10-28(24)43-29)35-31(40)26(37-30(39)25-18-33-14-15-34-25)20-44(41,42)19-21-6-5-13-32-17-21/h1-10,13-15,17-18,23,26,38H,11-12,16,19-20H2,(H,35,40)(H,37,39)/t23?,26-/m0/s1. The topological polar surface area (TPSA) is 177 Å². The van der Waals surface area contributed by atoms with Crippen LogP contribution in [0.2, 0.25) is 0 Å². The molecular weight excluding hydrogens is 584 g/mol. The molecule has 0 radical (unpaired) electrons. The Kier molecular flexibility index (Phi) is 9.55. The summed E-state index contributed by atoms with van der Waals surface area (Å²) in [5.74, 6) is -2.01. The first kappa shape index (κ1) is 30.3. The lowest BCUT2D eigenvalue weighted by molar-refractivity contribution is -0.123. The van der Waals surface area contributed by atoms with E-state index >= 15 is 0 Å². The van der Waals surface area contributed by atoms with Crippen molar-refractivity contribution in [3.8, 4) is 5.75 Å². The molecule has 3 aromatic heterocycles. The number of carbonyl (C=O) groups excluding carboxylic acids is 2. The van der Waals surface area contributed by atoms with Gasteiger partial charge in [-0.1, -0.05) is 36.4 Å². The Morgan fingerprint density at radius 3 is 2.45 bits per heavy atom. The van der Waals surface area contributed by atoms with Crippen molar-refractivity contribution in [3.63, 3.8) is 0 Å². The van der Waals surface area contributed by atoms with E-state index in [2.05, 4.69) is 30.6 Å². The van der Waals surface area contributed by atoms with Gasteiger partial charge in [0.05, 0.1) is 17.7 Å². The zero-order chi connectivity index (χ0) is 30.9. The summed E-state index contributed by atoms with van der Waals surface area (Å²) in [6.45, 7) is 0. The first-order valence-corrected chi connectivity index (χ1v) is 15.7. The predicted molar refractivity (Wildman–Crippen MR) is 161 cm³/mol. The van der Waals surface area contributed by atoms with Gasteiger partial charge in [-0.2, -0.15) is 0 Å². The van der Waals surface area contributed by atoms with Gasteiger partial charge in [0.1, 0.15) is 23.0 Å². The number of oxazole rings is 1. The minimum atomic E-state index is -3.90. The number of carbonyl (C=O) groups is 2. The number of rotatable bonds is 13. The summed E-state index contributed by atoms with van der Waals surface area (Å²) >= 11 is 0. The number of phenolic OH excluding ortho intramolecular Hbond substituents is 1. The summed E-state index contributed by atoms with van der Waals surface area (Å²) in [4.78, 5) is 43.0. The number of aromatic nitrogens is 4. The van der Waals surface area contributed by atoms with Gasteiger partial charge >= 0.3 is 0 Å². The number of fused-ring (bicyclic) bond motifs is 1. The predicted octanol–water partition coefficient (Wildman–Crippen LogP) is 2.79. The van der Waals surface area contributed by atoms with E-state index in [9.17, 15) is 23.1 Å². The summed E-state index contributed by atoms with van der Waals surface area (Å²) < 4.78 is 32.3. The first-order chi connectivity index (χ1) is 21.3. The van der Waals surface area contributed by atoms with Gasteiger partial charge in [-0.25, -0.2) is 18.4 Å². The molecule has 44 heavy (non-hydrogen) atoms. The molecule has 0 spiro atoms. The molecule has 0 bridgehead atoms. The Bertz CT molecular complexity index is 1800. The van der Waals surface area contributed by atoms with Crippen LogP contribution in [0.4, 0.5) is 0 Å². The van der Waals surface area contributed by atoms with Gasteiger partial charge in [0, 0.05) is 37.3 Å². The van der Waals surface area contributed by atoms with Gasteiger partial charge in [0.25, 0.3) is 5.91 Å². The summed E-state index contributed by atoms with van der Waals surface area (Å²) in [5.41, 5.74) is 2.30. The zero-order valence-electron chi connectivity index (χ0n) is 23.5. The molecule has 0 aliphatic carbocycles. The summed E-state index contributed by atoms with van der Waals surface area (Å²) in [7, 11) is -3.90. The Morgan fingerprint density at radius 1 is 0.909 bits per heavy atom. The van der Waals surface area contributed by atoms with Crippen LogP contribution in [0.1, 0.15) is 33.9 Å². The Labute approximate surface area is 253 Å². The van der Waals surface area contributed by atoms with E-state index in [-0.39, 0.29) is 23.6 Å². The van der Waals surface area contributed by atoms with Gasteiger partial charge in [-0.05, 0) is 48.2 Å². The van der Waals surface area contributed by atoms with Crippen LogP contribution >= 0.6 is 0 Å². The van der Waals surface area contributed by atoms with Crippen molar-refractivity contribution in [3.05, 3.63) is 114 Å². The molecule has 12 nitrogen and oxygen atoms in total. The van der Waals surface area contributed by atoms with Crippen molar-refractivity contribution in [2.24, 2.45) is 0 Å². The van der Waals surface area contributed by atoms with Crippen LogP contribution in [0.15, 0.2) is 96.1 Å². The highest BCUT2D eigenvalue weighted by Crippen LogP contribution is 2.21. The van der Waals surface area contributed by atoms with Crippen molar-refractivity contribution in [2.75, 3.05) is 5.75 Å². The molecule has 5 rings (SSSR count). The largest absolute Gasteiger partial charge is 0.508 e. The molecular formula is C31H30N6O6S. The molecule has 0 fully saturated rings. The lowest BCUT2D eigenvalue weighted by Gasteiger charge is -2.23. The molecule has 3 heterocycles. The van der Waals surface area contributed by atoms with Crippen LogP contribution in [0.5, 0.6) is 5.75 Å². The summed E-state index contributed by atoms with van der Waals surface area (Å²) in [5, 5.41) is 15.7. The minimum absolute atomic E-state index is 0.0717. The zero-order valence-corrected chi connectivity index (χ0v) is 24.4. The molecule has 5 aromatic rings. The van der Waals surface area contributed by atoms with Crippen LogP contribution in [0, 0.1) is 0 Å². The highest BCUT2D eigenvalue weighted by atomic mass is 32.2. The van der Waals surface area contributed by atoms with Crippen LogP contribution in [0.25, 0.3) is 11.1 Å². The number of benzene rings is 2. The third-order valence-electron chi connectivity index (χ3n) is 6.81. The molecule has 0 aliphatic rings. The van der Waals surface area contributed by atoms with Gasteiger partial charge in [0.2, 0.25) is 5.91 Å². The van der Waals surface area contributed by atoms with E-state index in [1.165, 1.54) is 31.0 Å². The molecule has 1 unspecified atom stereocenters. The van der Waals surface area contributed by atoms with E-state index in [0.717, 1.165) is 0 Å². The fourth-order valence-electron chi connectivity index (χ4n) is 4.68. The average Bonchev–Trinajstić information content (AvgIpc) is 3.43. The monoisotopic (exact) mass is 614 g/mol. The molecule has 3 N–H and O–H groups in total. The third kappa shape index (κ3) is 8.22. The SMILES string of the molecule is O=C(N[C@@H](CS(=O)(=O)Cc1cccnc1)C(=O)NC(CCc1ccccc1O)Cc1nc2ccccc2o1)c1cnccn1. The molecule has 2 amide bonds. The maximum absolute atomic E-state index is 13.8. The van der Waals surface area contributed by atoms with Crippen LogP contribution < -0.4 is 10.6 Å². The number of nitrogens with one attached hydrogen (secondary N) is 2. The second-order valence-corrected chi connectivity index (χ2v) is 12.3. The number of amides is 2. The van der Waals surface area contributed by atoms with Crippen molar-refractivity contribution < 1.29 is 27.5 Å². The number of pyridine rings is 1. The molecule has 0 saturated heterocycles. The number of hydrogen-bond donors (Lipinski definition) is 3. The summed E-state index contributed by atoms with van der Waals surface area (Å²) in [6, 6.07) is 15.3. The van der Waals surface area contributed by atoms with E-state index in [1.54, 1.807) is 42.5 Å². The number of para-hydroxylation sites is 3.